The average molecular weight is 445 g/mol. The number of aromatic amines is 1. The lowest BCUT2D eigenvalue weighted by Crippen LogP contribution is -2.17. The molecule has 0 saturated heterocycles. The maximum atomic E-state index is 5.59. The van der Waals surface area contributed by atoms with Crippen LogP contribution in [0.1, 0.15) is 17.7 Å². The van der Waals surface area contributed by atoms with Crippen molar-refractivity contribution in [3.05, 3.63) is 66.2 Å². The molecule has 0 aliphatic rings. The lowest BCUT2D eigenvalue weighted by molar-refractivity contribution is 0.654. The van der Waals surface area contributed by atoms with Crippen molar-refractivity contribution in [2.45, 2.75) is 19.9 Å². The van der Waals surface area contributed by atoms with E-state index in [0.29, 0.717) is 12.4 Å². The standard InChI is InChI=1S/C23H24N8S/c1-15-20(31-13-16(8-9-18(31)28-15)12-25-11-5-10-24)23-29-19(17-6-3-2-4-7-17)21(32-23)22-26-14-27-30-22/h2-4,6-9,13-14,25H,5,10-12,24H2,1H3,(H,26,27,30). The molecule has 162 valence electrons. The van der Waals surface area contributed by atoms with E-state index >= 15 is 0 Å². The molecule has 0 saturated carbocycles. The van der Waals surface area contributed by atoms with Crippen molar-refractivity contribution >= 4 is 17.0 Å². The van der Waals surface area contributed by atoms with Crippen LogP contribution in [-0.2, 0) is 6.54 Å². The van der Waals surface area contributed by atoms with Crippen LogP contribution in [0.25, 0.3) is 38.3 Å². The summed E-state index contributed by atoms with van der Waals surface area (Å²) in [5.41, 5.74) is 11.5. The summed E-state index contributed by atoms with van der Waals surface area (Å²) < 4.78 is 2.13. The van der Waals surface area contributed by atoms with Gasteiger partial charge in [-0.05, 0) is 38.1 Å². The number of nitrogens with zero attached hydrogens (tertiary/aromatic N) is 5. The number of H-pyrrole nitrogens is 1. The van der Waals surface area contributed by atoms with Gasteiger partial charge in [-0.2, -0.15) is 5.10 Å². The molecule has 0 radical (unpaired) electrons. The number of hydrogen-bond donors (Lipinski definition) is 3. The molecule has 0 aliphatic heterocycles. The van der Waals surface area contributed by atoms with Crippen LogP contribution in [0.2, 0.25) is 0 Å². The minimum absolute atomic E-state index is 0.693. The Morgan fingerprint density at radius 1 is 1.12 bits per heavy atom. The van der Waals surface area contributed by atoms with E-state index in [-0.39, 0.29) is 0 Å². The second kappa shape index (κ2) is 8.99. The third-order valence-electron chi connectivity index (χ3n) is 5.25. The first-order chi connectivity index (χ1) is 15.7. The third-order valence-corrected chi connectivity index (χ3v) is 6.32. The van der Waals surface area contributed by atoms with Crippen LogP contribution in [0, 0.1) is 6.92 Å². The van der Waals surface area contributed by atoms with Gasteiger partial charge < -0.3 is 11.1 Å². The molecule has 0 fully saturated rings. The van der Waals surface area contributed by atoms with Crippen LogP contribution in [0.5, 0.6) is 0 Å². The zero-order valence-corrected chi connectivity index (χ0v) is 18.6. The highest BCUT2D eigenvalue weighted by Crippen LogP contribution is 2.40. The van der Waals surface area contributed by atoms with Gasteiger partial charge in [-0.25, -0.2) is 15.0 Å². The minimum atomic E-state index is 0.693. The van der Waals surface area contributed by atoms with E-state index in [9.17, 15) is 0 Å². The summed E-state index contributed by atoms with van der Waals surface area (Å²) in [5, 5.41) is 11.4. The molecule has 4 N–H and O–H groups in total. The number of aryl methyl sites for hydroxylation is 1. The van der Waals surface area contributed by atoms with Crippen molar-refractivity contribution in [1.29, 1.82) is 0 Å². The van der Waals surface area contributed by atoms with Crippen molar-refractivity contribution in [2.24, 2.45) is 5.73 Å². The number of nitrogens with one attached hydrogen (secondary N) is 2. The van der Waals surface area contributed by atoms with E-state index < -0.39 is 0 Å². The molecule has 4 heterocycles. The van der Waals surface area contributed by atoms with Crippen molar-refractivity contribution in [1.82, 2.24) is 34.9 Å². The predicted molar refractivity (Wildman–Crippen MR) is 127 cm³/mol. The number of hydrogen-bond acceptors (Lipinski definition) is 7. The fourth-order valence-corrected chi connectivity index (χ4v) is 4.85. The summed E-state index contributed by atoms with van der Waals surface area (Å²) in [7, 11) is 0. The molecule has 0 atom stereocenters. The van der Waals surface area contributed by atoms with Crippen LogP contribution in [0.15, 0.2) is 55.0 Å². The van der Waals surface area contributed by atoms with Crippen LogP contribution in [-0.4, -0.2) is 42.6 Å². The van der Waals surface area contributed by atoms with E-state index in [1.807, 2.05) is 25.1 Å². The quantitative estimate of drug-likeness (QED) is 0.315. The number of pyridine rings is 1. The highest BCUT2D eigenvalue weighted by molar-refractivity contribution is 7.18. The van der Waals surface area contributed by atoms with Gasteiger partial charge in [-0.1, -0.05) is 36.4 Å². The first kappa shape index (κ1) is 20.5. The van der Waals surface area contributed by atoms with Crippen molar-refractivity contribution in [2.75, 3.05) is 13.1 Å². The Bertz CT molecular complexity index is 1320. The lowest BCUT2D eigenvalue weighted by Gasteiger charge is -2.06. The van der Waals surface area contributed by atoms with Crippen molar-refractivity contribution in [3.8, 4) is 32.7 Å². The molecule has 4 aromatic heterocycles. The number of thiazole rings is 1. The molecule has 5 aromatic rings. The number of nitrogens with two attached hydrogens (primary N) is 1. The molecule has 0 aliphatic carbocycles. The van der Waals surface area contributed by atoms with E-state index in [4.69, 9.17) is 15.7 Å². The molecule has 8 nitrogen and oxygen atoms in total. The molecule has 32 heavy (non-hydrogen) atoms. The minimum Gasteiger partial charge on any atom is -0.330 e. The maximum Gasteiger partial charge on any atom is 0.167 e. The SMILES string of the molecule is Cc1nc2ccc(CNCCCN)cn2c1-c1nc(-c2ccccc2)c(-c2ncn[nH]2)s1. The van der Waals surface area contributed by atoms with Crippen LogP contribution < -0.4 is 11.1 Å². The highest BCUT2D eigenvalue weighted by Gasteiger charge is 2.21. The van der Waals surface area contributed by atoms with Gasteiger partial charge >= 0.3 is 0 Å². The smallest absolute Gasteiger partial charge is 0.167 e. The summed E-state index contributed by atoms with van der Waals surface area (Å²) in [6.45, 7) is 4.40. The lowest BCUT2D eigenvalue weighted by atomic mass is 10.1. The molecule has 0 spiro atoms. The monoisotopic (exact) mass is 444 g/mol. The fraction of sp³-hybridized carbons (Fsp3) is 0.217. The Balaban J connectivity index is 1.60. The molecular formula is C23H24N8S. The fourth-order valence-electron chi connectivity index (χ4n) is 3.72. The molecule has 0 amide bonds. The van der Waals surface area contributed by atoms with Crippen LogP contribution in [0.3, 0.4) is 0 Å². The van der Waals surface area contributed by atoms with E-state index in [0.717, 1.165) is 57.7 Å². The largest absolute Gasteiger partial charge is 0.330 e. The topological polar surface area (TPSA) is 110 Å². The summed E-state index contributed by atoms with van der Waals surface area (Å²) in [5.74, 6) is 0.712. The summed E-state index contributed by atoms with van der Waals surface area (Å²) in [6.07, 6.45) is 4.62. The van der Waals surface area contributed by atoms with Gasteiger partial charge in [0.25, 0.3) is 0 Å². The molecule has 0 bridgehead atoms. The molecule has 9 heteroatoms. The Morgan fingerprint density at radius 3 is 2.78 bits per heavy atom. The second-order valence-electron chi connectivity index (χ2n) is 7.53. The normalized spacial score (nSPS) is 11.4. The van der Waals surface area contributed by atoms with E-state index in [1.54, 1.807) is 11.3 Å². The van der Waals surface area contributed by atoms with Gasteiger partial charge in [-0.15, -0.1) is 11.3 Å². The predicted octanol–water partition coefficient (Wildman–Crippen LogP) is 3.66. The Morgan fingerprint density at radius 2 is 2.00 bits per heavy atom. The second-order valence-corrected chi connectivity index (χ2v) is 8.53. The highest BCUT2D eigenvalue weighted by atomic mass is 32.1. The van der Waals surface area contributed by atoms with Gasteiger partial charge in [0.15, 0.2) is 5.82 Å². The molecule has 5 rings (SSSR count). The number of imidazole rings is 1. The van der Waals surface area contributed by atoms with Gasteiger partial charge in [-0.3, -0.25) is 9.50 Å². The van der Waals surface area contributed by atoms with Gasteiger partial charge in [0.05, 0.1) is 16.3 Å². The zero-order valence-electron chi connectivity index (χ0n) is 17.7. The van der Waals surface area contributed by atoms with Gasteiger partial charge in [0, 0.05) is 18.3 Å². The summed E-state index contributed by atoms with van der Waals surface area (Å²) >= 11 is 1.59. The maximum absolute atomic E-state index is 5.59. The number of benzene rings is 1. The third kappa shape index (κ3) is 3.93. The van der Waals surface area contributed by atoms with E-state index in [1.165, 1.54) is 11.9 Å². The number of aromatic nitrogens is 6. The number of fused-ring (bicyclic) bond motifs is 1. The molecule has 1 aromatic carbocycles. The number of rotatable bonds is 8. The summed E-state index contributed by atoms with van der Waals surface area (Å²) in [4.78, 5) is 15.2. The Labute approximate surface area is 189 Å². The first-order valence-electron chi connectivity index (χ1n) is 10.6. The average Bonchev–Trinajstić information content (AvgIpc) is 3.55. The Kier molecular flexibility index (Phi) is 5.76. The van der Waals surface area contributed by atoms with E-state index in [2.05, 4.69) is 55.4 Å². The van der Waals surface area contributed by atoms with Crippen molar-refractivity contribution < 1.29 is 0 Å². The first-order valence-corrected chi connectivity index (χ1v) is 11.4. The van der Waals surface area contributed by atoms with Gasteiger partial charge in [0.1, 0.15) is 22.7 Å². The van der Waals surface area contributed by atoms with Crippen LogP contribution >= 0.6 is 11.3 Å². The zero-order chi connectivity index (χ0) is 21.9. The van der Waals surface area contributed by atoms with Crippen LogP contribution in [0.4, 0.5) is 0 Å². The summed E-state index contributed by atoms with van der Waals surface area (Å²) in [6, 6.07) is 14.3. The molecule has 0 unspecified atom stereocenters. The Hall–Kier alpha value is -3.40. The molecular weight excluding hydrogens is 420 g/mol. The van der Waals surface area contributed by atoms with Crippen molar-refractivity contribution in [3.63, 3.8) is 0 Å². The van der Waals surface area contributed by atoms with Gasteiger partial charge in [0.2, 0.25) is 0 Å².